The van der Waals surface area contributed by atoms with Crippen LogP contribution in [0.3, 0.4) is 0 Å². The maximum absolute atomic E-state index is 13.5. The van der Waals surface area contributed by atoms with Crippen molar-refractivity contribution in [2.75, 3.05) is 80.8 Å². The number of ether oxygens (including phenoxy) is 1. The summed E-state index contributed by atoms with van der Waals surface area (Å²) in [7, 11) is 1.65. The number of aryl methyl sites for hydroxylation is 4. The maximum atomic E-state index is 13.5. The average Bonchev–Trinajstić information content (AvgIpc) is 0.805. The minimum atomic E-state index is -0.388. The molecule has 3 aliphatic rings. The highest BCUT2D eigenvalue weighted by atomic mass is 35.5. The second kappa shape index (κ2) is 42.5. The van der Waals surface area contributed by atoms with Gasteiger partial charge in [0.2, 0.25) is 23.8 Å². The molecule has 0 radical (unpaired) electrons. The van der Waals surface area contributed by atoms with Gasteiger partial charge in [-0.05, 0) is 239 Å². The summed E-state index contributed by atoms with van der Waals surface area (Å²) >= 11 is 24.7. The number of hydrogen-bond acceptors (Lipinski definition) is 19. The summed E-state index contributed by atoms with van der Waals surface area (Å²) in [6, 6.07) is 48.9. The van der Waals surface area contributed by atoms with Gasteiger partial charge in [-0.3, -0.25) is 26.3 Å². The number of nitrogens with one attached hydrogen (secondary N) is 4. The number of benzene rings is 5. The Morgan fingerprint density at radius 2 is 0.732 bits per heavy atom. The van der Waals surface area contributed by atoms with Crippen LogP contribution in [0, 0.1) is 85.5 Å². The number of halogens is 8. The monoisotopic (exact) mass is 1790 g/mol. The number of urea groups is 4. The van der Waals surface area contributed by atoms with Gasteiger partial charge in [-0.1, -0.05) is 58.5 Å². The Balaban J connectivity index is 0.000000145. The predicted molar refractivity (Wildman–Crippen MR) is 478 cm³/mol. The number of carbonyl (C=O) groups excluding carboxylic acids is 4. The van der Waals surface area contributed by atoms with Crippen LogP contribution >= 0.6 is 46.4 Å². The Kier molecular flexibility index (Phi) is 30.4. The summed E-state index contributed by atoms with van der Waals surface area (Å²) in [5, 5.41) is 30.6. The first-order valence-electron chi connectivity index (χ1n) is 39.9. The van der Waals surface area contributed by atoms with Gasteiger partial charge in [0.15, 0.2) is 0 Å². The van der Waals surface area contributed by atoms with Gasteiger partial charge in [0.05, 0.1) is 60.4 Å². The van der Waals surface area contributed by atoms with Crippen LogP contribution < -0.4 is 21.3 Å². The van der Waals surface area contributed by atoms with Gasteiger partial charge in [-0.25, -0.2) is 91.6 Å². The van der Waals surface area contributed by atoms with Crippen molar-refractivity contribution in [3.8, 4) is 102 Å². The van der Waals surface area contributed by atoms with Crippen LogP contribution in [0.2, 0.25) is 20.5 Å². The van der Waals surface area contributed by atoms with Gasteiger partial charge < -0.3 is 24.3 Å². The number of carbonyl (C=O) groups is 4. The summed E-state index contributed by atoms with van der Waals surface area (Å²) < 4.78 is 59.3. The lowest BCUT2D eigenvalue weighted by molar-refractivity contribution is 0.0564. The van der Waals surface area contributed by atoms with E-state index in [4.69, 9.17) is 61.7 Å². The van der Waals surface area contributed by atoms with E-state index >= 15 is 0 Å². The highest BCUT2D eigenvalue weighted by molar-refractivity contribution is 6.31. The number of piperidine rings is 2. The highest BCUT2D eigenvalue weighted by Gasteiger charge is 2.28. The zero-order valence-electron chi connectivity index (χ0n) is 69.0. The van der Waals surface area contributed by atoms with Crippen molar-refractivity contribution in [3.63, 3.8) is 0 Å². The first-order valence-corrected chi connectivity index (χ1v) is 41.4. The molecule has 13 aromatic rings. The fourth-order valence-corrected chi connectivity index (χ4v) is 14.9. The maximum Gasteiger partial charge on any atom is 0.324 e. The van der Waals surface area contributed by atoms with Crippen LogP contribution in [0.5, 0.6) is 0 Å². The number of anilines is 4. The molecule has 0 saturated carbocycles. The first-order chi connectivity index (χ1) is 61.2. The molecule has 0 aliphatic carbocycles. The predicted octanol–water partition coefficient (Wildman–Crippen LogP) is 20.3. The molecule has 5 aromatic carbocycles. The highest BCUT2D eigenvalue weighted by Crippen LogP contribution is 2.39. The number of pyridine rings is 4. The molecule has 11 heterocycles. The van der Waals surface area contributed by atoms with E-state index in [9.17, 15) is 36.7 Å². The lowest BCUT2D eigenvalue weighted by Gasteiger charge is -2.28. The third kappa shape index (κ3) is 24.7. The minimum absolute atomic E-state index is 0.0131. The average molecular weight is 1790 g/mol. The standard InChI is InChI=1S/C24H20ClFN6O.C24H21ClFN5O.C23H20ClFN6O.C21H19ClFN5O2/c1-15-11-17(12-21(25)29-15)20-13-28-23(30-22(20)16-6-8-18(26)9-7-16)31-24(33)32(2)14-19-5-3-4-10-27-19;1-15-10-18(12-19(25)11-15)21-14-28-23(29-22(21)17-2-4-20(26)5-3-17)30-24(32)31-8-6-16(13-27)7-9-31;1-14-10-17(11-20(24)28-14)19-13-27-22(29-21(19)16-2-4-18(25)5-3-16)30-23(32)31-8-6-15(12-26)7-9-31;1-13-10-15(11-18(22)25-13)17-12-24-20(27-21(29)28-6-8-30-9-7-28)26-19(17)14-2-4-16(23)5-3-14/h3-13H,14H2,1-2H3,(H,28,30,31,33);2-5,10-12,14,16H,6-9H2,1H3,(H,28,29,30,32);2-5,10-11,13,15H,6-9H2,1H3,(H,27,29,30,32);2-5,10-12H,6-9H2,1H3,(H,24,26,27,29). The molecule has 16 rings (SSSR count). The summed E-state index contributed by atoms with van der Waals surface area (Å²) in [6.45, 7) is 11.8. The Morgan fingerprint density at radius 3 is 1.04 bits per heavy atom. The van der Waals surface area contributed by atoms with Gasteiger partial charge >= 0.3 is 24.1 Å². The number of nitriles is 2. The van der Waals surface area contributed by atoms with E-state index in [2.05, 4.69) is 93.2 Å². The molecule has 0 bridgehead atoms. The molecular formula is C92H80Cl4F4N22O5. The van der Waals surface area contributed by atoms with E-state index in [1.54, 1.807) is 119 Å². The van der Waals surface area contributed by atoms with E-state index in [1.807, 2.05) is 82.3 Å². The van der Waals surface area contributed by atoms with E-state index < -0.39 is 0 Å². The smallest absolute Gasteiger partial charge is 0.324 e. The van der Waals surface area contributed by atoms with E-state index in [0.717, 1.165) is 56.2 Å². The normalized spacial score (nSPS) is 13.2. The van der Waals surface area contributed by atoms with Crippen molar-refractivity contribution in [2.45, 2.75) is 59.9 Å². The first kappa shape index (κ1) is 90.6. The van der Waals surface area contributed by atoms with Gasteiger partial charge in [-0.15, -0.1) is 0 Å². The molecule has 4 N–H and O–H groups in total. The second-order valence-corrected chi connectivity index (χ2v) is 31.2. The topological polar surface area (TPSA) is 341 Å². The largest absolute Gasteiger partial charge is 0.378 e. The Bertz CT molecular complexity index is 5960. The molecule has 3 aliphatic heterocycles. The van der Waals surface area contributed by atoms with Crippen LogP contribution in [-0.4, -0.2) is 163 Å². The molecule has 3 fully saturated rings. The summed E-state index contributed by atoms with van der Waals surface area (Å²) in [4.78, 5) is 109. The summed E-state index contributed by atoms with van der Waals surface area (Å²) in [5.41, 5.74) is 14.7. The van der Waals surface area contributed by atoms with Crippen molar-refractivity contribution in [1.29, 1.82) is 10.5 Å². The van der Waals surface area contributed by atoms with Crippen molar-refractivity contribution >= 4 is 94.3 Å². The number of morpholine rings is 1. The van der Waals surface area contributed by atoms with Crippen molar-refractivity contribution < 1.29 is 41.5 Å². The third-order valence-corrected chi connectivity index (χ3v) is 21.1. The number of amides is 8. The molecule has 27 nitrogen and oxygen atoms in total. The van der Waals surface area contributed by atoms with E-state index in [0.29, 0.717) is 167 Å². The van der Waals surface area contributed by atoms with Crippen LogP contribution in [0.4, 0.5) is 60.5 Å². The summed E-state index contributed by atoms with van der Waals surface area (Å²) in [5.74, 6) is -0.884. The number of nitrogens with zero attached hydrogens (tertiary/aromatic N) is 18. The van der Waals surface area contributed by atoms with E-state index in [-0.39, 0.29) is 83.0 Å². The molecule has 0 unspecified atom stereocenters. The lowest BCUT2D eigenvalue weighted by atomic mass is 9.99. The van der Waals surface area contributed by atoms with E-state index in [1.165, 1.54) is 53.4 Å². The van der Waals surface area contributed by atoms with Gasteiger partial charge in [-0.2, -0.15) is 10.5 Å². The third-order valence-electron chi connectivity index (χ3n) is 20.3. The SMILES string of the molecule is Cc1cc(-c2cnc(NC(=O)N(C)Cc3ccccn3)nc2-c2ccc(F)cc2)cc(Cl)n1.Cc1cc(-c2cnc(NC(=O)N3CCC(C#N)CC3)nc2-c2ccc(F)cc2)cc(Cl)n1.Cc1cc(-c2cnc(NC(=O)N3CCOCC3)nc2-c2ccc(F)cc2)cc(Cl)n1.Cc1cc(Cl)cc(-c2cnc(NC(=O)N3CCC(C#N)CC3)nc2-c2ccc(F)cc2)c1. The van der Waals surface area contributed by atoms with Crippen LogP contribution in [0.15, 0.2) is 201 Å². The molecule has 3 saturated heterocycles. The molecular weight excluding hydrogens is 1710 g/mol. The molecule has 127 heavy (non-hydrogen) atoms. The minimum Gasteiger partial charge on any atom is -0.378 e. The number of aromatic nitrogens is 12. The van der Waals surface area contributed by atoms with Gasteiger partial charge in [0.1, 0.15) is 38.7 Å². The molecule has 35 heteroatoms. The Labute approximate surface area is 748 Å². The second-order valence-electron chi connectivity index (χ2n) is 29.6. The number of hydrogen-bond donors (Lipinski definition) is 4. The fraction of sp³-hybridized carbons (Fsp3) is 0.217. The van der Waals surface area contributed by atoms with Gasteiger partial charge in [0.25, 0.3) is 0 Å². The van der Waals surface area contributed by atoms with Crippen molar-refractivity contribution in [2.24, 2.45) is 11.8 Å². The molecule has 0 spiro atoms. The zero-order chi connectivity index (χ0) is 89.8. The van der Waals surface area contributed by atoms with Crippen LogP contribution in [0.1, 0.15) is 54.0 Å². The quantitative estimate of drug-likeness (QED) is 0.0580. The molecule has 8 amide bonds. The Morgan fingerprint density at radius 1 is 0.409 bits per heavy atom. The lowest BCUT2D eigenvalue weighted by Crippen LogP contribution is -2.43. The summed E-state index contributed by atoms with van der Waals surface area (Å²) in [6.07, 6.45) is 10.7. The Hall–Kier alpha value is -14.1. The molecule has 8 aromatic heterocycles. The van der Waals surface area contributed by atoms with Crippen LogP contribution in [-0.2, 0) is 11.3 Å². The number of rotatable bonds is 14. The molecule has 0 atom stereocenters. The van der Waals surface area contributed by atoms with Gasteiger partial charge in [0, 0.05) is 156 Å². The zero-order valence-corrected chi connectivity index (χ0v) is 72.0. The van der Waals surface area contributed by atoms with Crippen molar-refractivity contribution in [3.05, 3.63) is 273 Å². The van der Waals surface area contributed by atoms with Crippen LogP contribution in [0.25, 0.3) is 89.5 Å². The fourth-order valence-electron chi connectivity index (χ4n) is 13.9. The van der Waals surface area contributed by atoms with Crippen molar-refractivity contribution in [1.82, 2.24) is 79.4 Å². The molecule has 644 valence electrons. The number of likely N-dealkylation sites (tertiary alicyclic amines) is 2.